The van der Waals surface area contributed by atoms with E-state index in [-0.39, 0.29) is 5.92 Å². The zero-order chi connectivity index (χ0) is 14.3. The van der Waals surface area contributed by atoms with E-state index < -0.39 is 0 Å². The fraction of sp³-hybridized carbons (Fsp3) is 0.429. The minimum Gasteiger partial charge on any atom is -0.486 e. The fourth-order valence-electron chi connectivity index (χ4n) is 2.44. The van der Waals surface area contributed by atoms with Crippen LogP contribution in [0.15, 0.2) is 12.1 Å². The maximum absolute atomic E-state index is 5.71. The molecular formula is C14H17N3O2S. The Kier molecular flexibility index (Phi) is 3.25. The summed E-state index contributed by atoms with van der Waals surface area (Å²) in [7, 11) is 0. The molecule has 106 valence electrons. The molecule has 0 spiro atoms. The highest BCUT2D eigenvalue weighted by Crippen LogP contribution is 2.35. The number of imidazole rings is 1. The number of nitrogens with two attached hydrogens (primary N) is 1. The lowest BCUT2D eigenvalue weighted by Gasteiger charge is -2.18. The van der Waals surface area contributed by atoms with Crippen molar-refractivity contribution in [2.24, 2.45) is 5.73 Å². The summed E-state index contributed by atoms with van der Waals surface area (Å²) >= 11 is 5.05. The van der Waals surface area contributed by atoms with E-state index in [2.05, 4.69) is 23.4 Å². The number of rotatable bonds is 3. The Labute approximate surface area is 122 Å². The Morgan fingerprint density at radius 1 is 1.35 bits per heavy atom. The van der Waals surface area contributed by atoms with Gasteiger partial charge in [-0.2, -0.15) is 0 Å². The zero-order valence-corrected chi connectivity index (χ0v) is 12.4. The van der Waals surface area contributed by atoms with Gasteiger partial charge >= 0.3 is 0 Å². The smallest absolute Gasteiger partial charge is 0.163 e. The third-order valence-corrected chi connectivity index (χ3v) is 3.40. The van der Waals surface area contributed by atoms with Gasteiger partial charge in [-0.05, 0) is 0 Å². The predicted molar refractivity (Wildman–Crippen MR) is 81.6 cm³/mol. The maximum atomic E-state index is 5.71. The Balaban J connectivity index is 2.21. The molecule has 0 aliphatic carbocycles. The molecule has 2 aromatic rings. The predicted octanol–water partition coefficient (Wildman–Crippen LogP) is 2.22. The van der Waals surface area contributed by atoms with Gasteiger partial charge in [-0.1, -0.05) is 26.1 Å². The van der Waals surface area contributed by atoms with Crippen LogP contribution in [0.2, 0.25) is 0 Å². The number of hydrogen-bond acceptors (Lipinski definition) is 4. The van der Waals surface area contributed by atoms with Crippen molar-refractivity contribution < 1.29 is 9.47 Å². The largest absolute Gasteiger partial charge is 0.486 e. The number of benzene rings is 1. The van der Waals surface area contributed by atoms with E-state index in [0.717, 1.165) is 28.4 Å². The molecule has 20 heavy (non-hydrogen) atoms. The van der Waals surface area contributed by atoms with Crippen LogP contribution in [0.1, 0.15) is 25.6 Å². The molecule has 0 saturated carbocycles. The molecule has 5 nitrogen and oxygen atoms in total. The first-order valence-electron chi connectivity index (χ1n) is 6.64. The van der Waals surface area contributed by atoms with Crippen LogP contribution in [0.25, 0.3) is 11.0 Å². The molecule has 0 amide bonds. The number of hydrogen-bond donors (Lipinski definition) is 1. The summed E-state index contributed by atoms with van der Waals surface area (Å²) < 4.78 is 13.3. The molecule has 1 aliphatic heterocycles. The highest BCUT2D eigenvalue weighted by atomic mass is 32.1. The average molecular weight is 291 g/mol. The van der Waals surface area contributed by atoms with Crippen LogP contribution in [0, 0.1) is 0 Å². The van der Waals surface area contributed by atoms with Crippen LogP contribution in [-0.4, -0.2) is 27.8 Å². The summed E-state index contributed by atoms with van der Waals surface area (Å²) in [6.45, 7) is 5.83. The van der Waals surface area contributed by atoms with E-state index in [1.54, 1.807) is 0 Å². The molecule has 0 saturated heterocycles. The van der Waals surface area contributed by atoms with E-state index in [4.69, 9.17) is 27.4 Å². The molecule has 0 radical (unpaired) electrons. The Morgan fingerprint density at radius 3 is 2.60 bits per heavy atom. The first kappa shape index (κ1) is 13.2. The van der Waals surface area contributed by atoms with Crippen LogP contribution in [0.5, 0.6) is 11.5 Å². The maximum Gasteiger partial charge on any atom is 0.163 e. The quantitative estimate of drug-likeness (QED) is 0.879. The topological polar surface area (TPSA) is 62.3 Å². The summed E-state index contributed by atoms with van der Waals surface area (Å²) in [6.07, 6.45) is 0. The number of nitrogens with zero attached hydrogens (tertiary/aromatic N) is 2. The van der Waals surface area contributed by atoms with Gasteiger partial charge in [-0.3, -0.25) is 0 Å². The van der Waals surface area contributed by atoms with E-state index in [1.807, 2.05) is 12.1 Å². The van der Waals surface area contributed by atoms with Crippen molar-refractivity contribution in [1.82, 2.24) is 9.55 Å². The Morgan fingerprint density at radius 2 is 2.00 bits per heavy atom. The van der Waals surface area contributed by atoms with Crippen LogP contribution in [0.4, 0.5) is 0 Å². The van der Waals surface area contributed by atoms with Crippen molar-refractivity contribution in [3.05, 3.63) is 18.0 Å². The van der Waals surface area contributed by atoms with Crippen molar-refractivity contribution in [3.8, 4) is 11.5 Å². The van der Waals surface area contributed by atoms with Gasteiger partial charge in [0.1, 0.15) is 19.0 Å². The highest BCUT2D eigenvalue weighted by Gasteiger charge is 2.19. The van der Waals surface area contributed by atoms with Gasteiger partial charge in [0.15, 0.2) is 11.5 Å². The SMILES string of the molecule is CC(C)c1nc2cc3c(cc2n1CC(N)=S)OCCO3. The van der Waals surface area contributed by atoms with Crippen molar-refractivity contribution in [3.63, 3.8) is 0 Å². The van der Waals surface area contributed by atoms with E-state index in [1.165, 1.54) is 0 Å². The van der Waals surface area contributed by atoms with Crippen molar-refractivity contribution in [2.75, 3.05) is 13.2 Å². The molecule has 3 rings (SSSR count). The van der Waals surface area contributed by atoms with Gasteiger partial charge in [-0.15, -0.1) is 0 Å². The van der Waals surface area contributed by atoms with Gasteiger partial charge in [0.25, 0.3) is 0 Å². The molecule has 2 N–H and O–H groups in total. The van der Waals surface area contributed by atoms with Gasteiger partial charge in [-0.25, -0.2) is 4.98 Å². The second-order valence-electron chi connectivity index (χ2n) is 5.16. The summed E-state index contributed by atoms with van der Waals surface area (Å²) in [4.78, 5) is 5.13. The summed E-state index contributed by atoms with van der Waals surface area (Å²) in [5.41, 5.74) is 7.57. The van der Waals surface area contributed by atoms with Crippen molar-refractivity contribution >= 4 is 28.2 Å². The molecule has 1 aliphatic rings. The van der Waals surface area contributed by atoms with E-state index >= 15 is 0 Å². The van der Waals surface area contributed by atoms with Crippen LogP contribution in [0.3, 0.4) is 0 Å². The molecule has 0 fully saturated rings. The Hall–Kier alpha value is -1.82. The van der Waals surface area contributed by atoms with Gasteiger partial charge in [0.2, 0.25) is 0 Å². The molecule has 2 heterocycles. The van der Waals surface area contributed by atoms with Crippen molar-refractivity contribution in [1.29, 1.82) is 0 Å². The summed E-state index contributed by atoms with van der Waals surface area (Å²) in [5.74, 6) is 2.76. The van der Waals surface area contributed by atoms with Crippen molar-refractivity contribution in [2.45, 2.75) is 26.3 Å². The first-order valence-corrected chi connectivity index (χ1v) is 7.05. The summed E-state index contributed by atoms with van der Waals surface area (Å²) in [6, 6.07) is 3.88. The molecular weight excluding hydrogens is 274 g/mol. The molecule has 0 bridgehead atoms. The number of ether oxygens (including phenoxy) is 2. The molecule has 0 unspecified atom stereocenters. The second-order valence-corrected chi connectivity index (χ2v) is 5.69. The third-order valence-electron chi connectivity index (χ3n) is 3.27. The number of thiocarbonyl (C=S) groups is 1. The minimum atomic E-state index is 0.288. The van der Waals surface area contributed by atoms with Crippen LogP contribution < -0.4 is 15.2 Å². The number of fused-ring (bicyclic) bond motifs is 2. The monoisotopic (exact) mass is 291 g/mol. The molecule has 6 heteroatoms. The average Bonchev–Trinajstić information content (AvgIpc) is 2.74. The zero-order valence-electron chi connectivity index (χ0n) is 11.5. The minimum absolute atomic E-state index is 0.288. The van der Waals surface area contributed by atoms with Gasteiger partial charge in [0, 0.05) is 18.1 Å². The van der Waals surface area contributed by atoms with Gasteiger partial charge in [0.05, 0.1) is 22.6 Å². The molecule has 1 aromatic carbocycles. The lowest BCUT2D eigenvalue weighted by atomic mass is 10.2. The summed E-state index contributed by atoms with van der Waals surface area (Å²) in [5, 5.41) is 0. The Bertz CT molecular complexity index is 679. The fourth-order valence-corrected chi connectivity index (χ4v) is 2.57. The highest BCUT2D eigenvalue weighted by molar-refractivity contribution is 7.80. The number of aromatic nitrogens is 2. The molecule has 0 atom stereocenters. The molecule has 1 aromatic heterocycles. The van der Waals surface area contributed by atoms with E-state index in [9.17, 15) is 0 Å². The van der Waals surface area contributed by atoms with E-state index in [0.29, 0.717) is 24.7 Å². The lowest BCUT2D eigenvalue weighted by molar-refractivity contribution is 0.172. The van der Waals surface area contributed by atoms with Crippen LogP contribution >= 0.6 is 12.2 Å². The first-order chi connectivity index (χ1) is 9.56. The van der Waals surface area contributed by atoms with Gasteiger partial charge < -0.3 is 19.8 Å². The van der Waals surface area contributed by atoms with Crippen LogP contribution in [-0.2, 0) is 6.54 Å². The third kappa shape index (κ3) is 2.20. The second kappa shape index (κ2) is 4.94. The standard InChI is InChI=1S/C14H17N3O2S/c1-8(2)14-16-9-5-11-12(19-4-3-18-11)6-10(9)17(14)7-13(15)20/h5-6,8H,3-4,7H2,1-2H3,(H2,15,20). The lowest BCUT2D eigenvalue weighted by Crippen LogP contribution is -2.19. The normalized spacial score (nSPS) is 13.9.